The molecule has 0 spiro atoms. The first kappa shape index (κ1) is 21.8. The van der Waals surface area contributed by atoms with Crippen LogP contribution in [-0.2, 0) is 4.79 Å². The zero-order valence-corrected chi connectivity index (χ0v) is 17.6. The fourth-order valence-electron chi connectivity index (χ4n) is 3.25. The van der Waals surface area contributed by atoms with Crippen LogP contribution < -0.4 is 20.3 Å². The molecule has 168 valence electrons. The van der Waals surface area contributed by atoms with Crippen molar-refractivity contribution in [1.82, 2.24) is 9.88 Å². The van der Waals surface area contributed by atoms with Crippen LogP contribution in [0, 0.1) is 5.82 Å². The van der Waals surface area contributed by atoms with Crippen molar-refractivity contribution in [2.75, 3.05) is 28.6 Å². The molecule has 0 aliphatic carbocycles. The summed E-state index contributed by atoms with van der Waals surface area (Å²) in [7, 11) is 0. The molecule has 0 bridgehead atoms. The Morgan fingerprint density at radius 1 is 1.00 bits per heavy atom. The van der Waals surface area contributed by atoms with Crippen LogP contribution in [0.15, 0.2) is 66.9 Å². The maximum Gasteiger partial charge on any atom is 0.332 e. The van der Waals surface area contributed by atoms with E-state index in [-0.39, 0.29) is 12.5 Å². The smallest absolute Gasteiger partial charge is 0.332 e. The van der Waals surface area contributed by atoms with Crippen LogP contribution in [0.3, 0.4) is 0 Å². The Hall–Kier alpha value is -4.47. The molecule has 0 unspecified atom stereocenters. The molecule has 1 aliphatic heterocycles. The molecular weight excluding hydrogens is 429 g/mol. The van der Waals surface area contributed by atoms with Gasteiger partial charge in [0.05, 0.1) is 12.7 Å². The van der Waals surface area contributed by atoms with Crippen molar-refractivity contribution in [3.8, 4) is 11.5 Å². The summed E-state index contributed by atoms with van der Waals surface area (Å²) < 4.78 is 18.9. The molecular formula is C23H20FN5O4. The number of aromatic nitrogens is 1. The van der Waals surface area contributed by atoms with Gasteiger partial charge in [-0.3, -0.25) is 9.69 Å². The molecule has 33 heavy (non-hydrogen) atoms. The Morgan fingerprint density at radius 3 is 2.48 bits per heavy atom. The first-order valence-corrected chi connectivity index (χ1v) is 10.1. The summed E-state index contributed by atoms with van der Waals surface area (Å²) in [4.78, 5) is 43.0. The number of rotatable bonds is 5. The third-order valence-electron chi connectivity index (χ3n) is 4.75. The topological polar surface area (TPSA) is 104 Å². The number of urea groups is 2. The summed E-state index contributed by atoms with van der Waals surface area (Å²) in [6.45, 7) is 1.90. The van der Waals surface area contributed by atoms with Crippen LogP contribution in [0.5, 0.6) is 11.5 Å². The monoisotopic (exact) mass is 449 g/mol. The number of nitrogens with zero attached hydrogens (tertiary/aromatic N) is 3. The highest BCUT2D eigenvalue weighted by molar-refractivity contribution is 6.08. The second-order valence-corrected chi connectivity index (χ2v) is 7.18. The normalized spacial score (nSPS) is 13.1. The minimum Gasteiger partial charge on any atom is -0.456 e. The molecule has 5 amide bonds. The fraction of sp³-hybridized carbons (Fsp3) is 0.130. The van der Waals surface area contributed by atoms with Gasteiger partial charge in [-0.25, -0.2) is 23.9 Å². The molecule has 1 saturated heterocycles. The van der Waals surface area contributed by atoms with Gasteiger partial charge in [0.15, 0.2) is 0 Å². The fourth-order valence-corrected chi connectivity index (χ4v) is 3.25. The standard InChI is InChI=1S/C23H20FN5O4/c1-15(30)26-21-10-9-20(14-25-21)33-19-4-2-3-17(13-19)27-22(31)29-12-11-28(23(29)32)18-7-5-16(24)6-8-18/h2-10,13-14H,11-12H2,1H3,(H,27,31)(H,25,26,30). The van der Waals surface area contributed by atoms with E-state index in [4.69, 9.17) is 4.74 Å². The molecule has 2 aromatic carbocycles. The summed E-state index contributed by atoms with van der Waals surface area (Å²) in [5, 5.41) is 5.26. The van der Waals surface area contributed by atoms with Crippen molar-refractivity contribution in [2.45, 2.75) is 6.92 Å². The number of hydrogen-bond acceptors (Lipinski definition) is 5. The Labute approximate surface area is 188 Å². The molecule has 0 saturated carbocycles. The number of imide groups is 1. The Morgan fingerprint density at radius 2 is 1.79 bits per heavy atom. The summed E-state index contributed by atoms with van der Waals surface area (Å²) in [5.41, 5.74) is 0.957. The highest BCUT2D eigenvalue weighted by atomic mass is 19.1. The summed E-state index contributed by atoms with van der Waals surface area (Å²) in [6.07, 6.45) is 1.46. The van der Waals surface area contributed by atoms with Gasteiger partial charge in [0, 0.05) is 30.9 Å². The lowest BCUT2D eigenvalue weighted by atomic mass is 10.3. The van der Waals surface area contributed by atoms with E-state index >= 15 is 0 Å². The van der Waals surface area contributed by atoms with Crippen molar-refractivity contribution in [3.05, 3.63) is 72.7 Å². The van der Waals surface area contributed by atoms with Gasteiger partial charge in [0.25, 0.3) is 0 Å². The number of pyridine rings is 1. The van der Waals surface area contributed by atoms with E-state index < -0.39 is 17.9 Å². The van der Waals surface area contributed by atoms with Gasteiger partial charge in [-0.05, 0) is 48.5 Å². The van der Waals surface area contributed by atoms with Crippen molar-refractivity contribution in [1.29, 1.82) is 0 Å². The molecule has 3 aromatic rings. The van der Waals surface area contributed by atoms with Crippen LogP contribution in [0.1, 0.15) is 6.92 Å². The second-order valence-electron chi connectivity index (χ2n) is 7.18. The highest BCUT2D eigenvalue weighted by Gasteiger charge is 2.34. The van der Waals surface area contributed by atoms with Crippen molar-refractivity contribution in [2.24, 2.45) is 0 Å². The highest BCUT2D eigenvalue weighted by Crippen LogP contribution is 2.25. The molecule has 1 fully saturated rings. The van der Waals surface area contributed by atoms with E-state index in [0.29, 0.717) is 35.2 Å². The van der Waals surface area contributed by atoms with Gasteiger partial charge in [0.1, 0.15) is 23.1 Å². The molecule has 2 heterocycles. The van der Waals surface area contributed by atoms with Crippen LogP contribution in [0.2, 0.25) is 0 Å². The molecule has 1 aliphatic rings. The van der Waals surface area contributed by atoms with Gasteiger partial charge in [0.2, 0.25) is 5.91 Å². The van der Waals surface area contributed by atoms with Crippen LogP contribution >= 0.6 is 0 Å². The number of benzene rings is 2. The number of carbonyl (C=O) groups excluding carboxylic acids is 3. The zero-order chi connectivity index (χ0) is 23.4. The number of ether oxygens (including phenoxy) is 1. The maximum atomic E-state index is 13.1. The number of hydrogen-bond donors (Lipinski definition) is 2. The molecule has 0 radical (unpaired) electrons. The summed E-state index contributed by atoms with van der Waals surface area (Å²) >= 11 is 0. The first-order chi connectivity index (χ1) is 15.9. The lowest BCUT2D eigenvalue weighted by Crippen LogP contribution is -2.39. The van der Waals surface area contributed by atoms with Crippen LogP contribution in [0.4, 0.5) is 31.2 Å². The number of carbonyl (C=O) groups is 3. The molecule has 4 rings (SSSR count). The predicted molar refractivity (Wildman–Crippen MR) is 120 cm³/mol. The van der Waals surface area contributed by atoms with Gasteiger partial charge < -0.3 is 15.4 Å². The van der Waals surface area contributed by atoms with E-state index in [9.17, 15) is 18.8 Å². The number of anilines is 3. The minimum atomic E-state index is -0.580. The van der Waals surface area contributed by atoms with E-state index in [1.807, 2.05) is 0 Å². The van der Waals surface area contributed by atoms with E-state index in [1.54, 1.807) is 36.4 Å². The molecule has 10 heteroatoms. The first-order valence-electron chi connectivity index (χ1n) is 10.1. The third kappa shape index (κ3) is 5.24. The van der Waals surface area contributed by atoms with Gasteiger partial charge >= 0.3 is 12.1 Å². The van der Waals surface area contributed by atoms with Crippen LogP contribution in [0.25, 0.3) is 0 Å². The average molecular weight is 449 g/mol. The van der Waals surface area contributed by atoms with E-state index in [2.05, 4.69) is 15.6 Å². The minimum absolute atomic E-state index is 0.199. The summed E-state index contributed by atoms with van der Waals surface area (Å²) in [6, 6.07) is 14.4. The van der Waals surface area contributed by atoms with E-state index in [0.717, 1.165) is 4.90 Å². The quantitative estimate of drug-likeness (QED) is 0.599. The van der Waals surface area contributed by atoms with Gasteiger partial charge in [-0.2, -0.15) is 0 Å². The molecule has 2 N–H and O–H groups in total. The Balaban J connectivity index is 1.39. The lowest BCUT2D eigenvalue weighted by Gasteiger charge is -2.18. The third-order valence-corrected chi connectivity index (χ3v) is 4.75. The number of halogens is 1. The predicted octanol–water partition coefficient (Wildman–Crippen LogP) is 4.45. The average Bonchev–Trinajstić information content (AvgIpc) is 3.17. The molecule has 1 aromatic heterocycles. The van der Waals surface area contributed by atoms with Crippen molar-refractivity contribution < 1.29 is 23.5 Å². The Bertz CT molecular complexity index is 1180. The van der Waals surface area contributed by atoms with Gasteiger partial charge in [-0.1, -0.05) is 6.07 Å². The zero-order valence-electron chi connectivity index (χ0n) is 17.6. The maximum absolute atomic E-state index is 13.1. The molecule has 9 nitrogen and oxygen atoms in total. The van der Waals surface area contributed by atoms with Crippen molar-refractivity contribution in [3.63, 3.8) is 0 Å². The second kappa shape index (κ2) is 9.35. The van der Waals surface area contributed by atoms with Gasteiger partial charge in [-0.15, -0.1) is 0 Å². The SMILES string of the molecule is CC(=O)Nc1ccc(Oc2cccc(NC(=O)N3CCN(c4ccc(F)cc4)C3=O)c2)cn1. The van der Waals surface area contributed by atoms with Crippen molar-refractivity contribution >= 4 is 35.2 Å². The largest absolute Gasteiger partial charge is 0.456 e. The van der Waals surface area contributed by atoms with Crippen LogP contribution in [-0.4, -0.2) is 40.9 Å². The number of nitrogens with one attached hydrogen (secondary N) is 2. The Kier molecular flexibility index (Phi) is 6.16. The van der Waals surface area contributed by atoms with E-state index in [1.165, 1.54) is 42.3 Å². The lowest BCUT2D eigenvalue weighted by molar-refractivity contribution is -0.114. The molecule has 0 atom stereocenters. The number of amides is 5. The summed E-state index contributed by atoms with van der Waals surface area (Å²) in [5.74, 6) is 0.666.